The number of ketones is 1. The second-order valence-corrected chi connectivity index (χ2v) is 6.95. The number of hydrogen-bond donors (Lipinski definition) is 0. The molecule has 0 N–H and O–H groups in total. The van der Waals surface area contributed by atoms with E-state index < -0.39 is 0 Å². The van der Waals surface area contributed by atoms with Gasteiger partial charge in [-0.2, -0.15) is 4.37 Å². The summed E-state index contributed by atoms with van der Waals surface area (Å²) >= 11 is 4.94. The zero-order valence-electron chi connectivity index (χ0n) is 12.0. The first-order valence-electron chi connectivity index (χ1n) is 7.34. The summed E-state index contributed by atoms with van der Waals surface area (Å²) in [6.07, 6.45) is 5.54. The van der Waals surface area contributed by atoms with Gasteiger partial charge >= 0.3 is 0 Å². The van der Waals surface area contributed by atoms with Crippen LogP contribution in [0.5, 0.6) is 0 Å². The van der Waals surface area contributed by atoms with Crippen LogP contribution in [0.1, 0.15) is 18.4 Å². The van der Waals surface area contributed by atoms with Crippen LogP contribution >= 0.6 is 27.5 Å². The van der Waals surface area contributed by atoms with Crippen molar-refractivity contribution in [3.8, 4) is 0 Å². The highest BCUT2D eigenvalue weighted by Gasteiger charge is 2.30. The molecule has 1 fully saturated rings. The molecule has 3 aliphatic rings. The van der Waals surface area contributed by atoms with Crippen molar-refractivity contribution in [3.05, 3.63) is 44.5 Å². The fourth-order valence-corrected chi connectivity index (χ4v) is 4.58. The second-order valence-electron chi connectivity index (χ2n) is 5.57. The minimum Gasteiger partial charge on any atom is -0.378 e. The molecule has 114 valence electrons. The summed E-state index contributed by atoms with van der Waals surface area (Å²) in [7, 11) is 0. The van der Waals surface area contributed by atoms with Gasteiger partial charge in [-0.25, -0.2) is 0 Å². The third-order valence-electron chi connectivity index (χ3n) is 4.39. The Bertz CT molecular complexity index is 726. The standard InChI is InChI=1S/C16H15BrN2O2S/c17-16-14(9-22-18-16)11-1-2-12-13(11)7-10(8-15(12)20)19-3-5-21-6-4-19/h1,8-9H,2-7H2. The maximum Gasteiger partial charge on any atom is 0.184 e. The minimum atomic E-state index is 0.160. The van der Waals surface area contributed by atoms with Crippen molar-refractivity contribution >= 4 is 38.8 Å². The van der Waals surface area contributed by atoms with Crippen LogP contribution in [0.4, 0.5) is 0 Å². The molecule has 0 bridgehead atoms. The Labute approximate surface area is 141 Å². The second kappa shape index (κ2) is 5.76. The highest BCUT2D eigenvalue weighted by atomic mass is 79.9. The highest BCUT2D eigenvalue weighted by Crippen LogP contribution is 2.43. The van der Waals surface area contributed by atoms with E-state index in [0.29, 0.717) is 0 Å². The molecular weight excluding hydrogens is 364 g/mol. The molecule has 0 saturated carbocycles. The Morgan fingerprint density at radius 1 is 1.27 bits per heavy atom. The largest absolute Gasteiger partial charge is 0.378 e. The summed E-state index contributed by atoms with van der Waals surface area (Å²) in [5.74, 6) is 0.160. The number of allylic oxidation sites excluding steroid dienone is 5. The first-order chi connectivity index (χ1) is 10.7. The Morgan fingerprint density at radius 2 is 2.09 bits per heavy atom. The van der Waals surface area contributed by atoms with E-state index in [4.69, 9.17) is 4.74 Å². The lowest BCUT2D eigenvalue weighted by Gasteiger charge is -2.33. The molecule has 1 saturated heterocycles. The third kappa shape index (κ3) is 2.39. The van der Waals surface area contributed by atoms with E-state index in [1.54, 1.807) is 0 Å². The number of nitrogens with zero attached hydrogens (tertiary/aromatic N) is 2. The smallest absolute Gasteiger partial charge is 0.184 e. The highest BCUT2D eigenvalue weighted by molar-refractivity contribution is 9.10. The molecule has 22 heavy (non-hydrogen) atoms. The maximum absolute atomic E-state index is 12.5. The van der Waals surface area contributed by atoms with Gasteiger partial charge in [-0.3, -0.25) is 4.79 Å². The number of ether oxygens (including phenoxy) is 1. The van der Waals surface area contributed by atoms with Gasteiger partial charge in [0.2, 0.25) is 0 Å². The molecule has 1 aromatic heterocycles. The molecule has 6 heteroatoms. The zero-order chi connectivity index (χ0) is 15.1. The van der Waals surface area contributed by atoms with Gasteiger partial charge in [0.1, 0.15) is 4.60 Å². The van der Waals surface area contributed by atoms with Gasteiger partial charge in [-0.1, -0.05) is 6.08 Å². The first kappa shape index (κ1) is 14.4. The van der Waals surface area contributed by atoms with Crippen LogP contribution in [0.2, 0.25) is 0 Å². The number of halogens is 1. The average molecular weight is 379 g/mol. The van der Waals surface area contributed by atoms with Crippen molar-refractivity contribution in [1.82, 2.24) is 9.27 Å². The van der Waals surface area contributed by atoms with Gasteiger partial charge in [-0.05, 0) is 45.0 Å². The summed E-state index contributed by atoms with van der Waals surface area (Å²) in [6, 6.07) is 0. The van der Waals surface area contributed by atoms with Crippen LogP contribution in [0.15, 0.2) is 39.0 Å². The van der Waals surface area contributed by atoms with Crippen molar-refractivity contribution in [2.75, 3.05) is 26.3 Å². The molecule has 0 amide bonds. The van der Waals surface area contributed by atoms with Gasteiger partial charge in [0.15, 0.2) is 5.78 Å². The van der Waals surface area contributed by atoms with E-state index in [9.17, 15) is 4.79 Å². The maximum atomic E-state index is 12.5. The molecule has 0 aromatic carbocycles. The zero-order valence-corrected chi connectivity index (χ0v) is 14.4. The molecule has 4 rings (SSSR count). The lowest BCUT2D eigenvalue weighted by Crippen LogP contribution is -2.36. The third-order valence-corrected chi connectivity index (χ3v) is 5.85. The van der Waals surface area contributed by atoms with Gasteiger partial charge < -0.3 is 9.64 Å². The molecular formula is C16H15BrN2O2S. The van der Waals surface area contributed by atoms with Crippen molar-refractivity contribution in [3.63, 3.8) is 0 Å². The Balaban J connectivity index is 1.64. The molecule has 0 spiro atoms. The van der Waals surface area contributed by atoms with Crippen molar-refractivity contribution < 1.29 is 9.53 Å². The van der Waals surface area contributed by atoms with Crippen LogP contribution in [0.3, 0.4) is 0 Å². The van der Waals surface area contributed by atoms with Gasteiger partial charge in [0, 0.05) is 47.8 Å². The lowest BCUT2D eigenvalue weighted by molar-refractivity contribution is -0.111. The van der Waals surface area contributed by atoms with Crippen LogP contribution in [-0.4, -0.2) is 41.4 Å². The molecule has 1 aliphatic heterocycles. The SMILES string of the molecule is O=C1C=C(N2CCOCC2)CC2=C1CC=C2c1csnc1Br. The molecule has 0 unspecified atom stereocenters. The molecule has 2 heterocycles. The van der Waals surface area contributed by atoms with Crippen LogP contribution in [-0.2, 0) is 9.53 Å². The van der Waals surface area contributed by atoms with E-state index >= 15 is 0 Å². The minimum absolute atomic E-state index is 0.160. The van der Waals surface area contributed by atoms with E-state index in [1.165, 1.54) is 22.7 Å². The Morgan fingerprint density at radius 3 is 2.82 bits per heavy atom. The molecule has 1 aromatic rings. The summed E-state index contributed by atoms with van der Waals surface area (Å²) in [6.45, 7) is 3.20. The number of aromatic nitrogens is 1. The van der Waals surface area contributed by atoms with Crippen molar-refractivity contribution in [1.29, 1.82) is 0 Å². The molecule has 2 aliphatic carbocycles. The number of carbonyl (C=O) groups is 1. The van der Waals surface area contributed by atoms with Gasteiger partial charge in [-0.15, -0.1) is 0 Å². The van der Waals surface area contributed by atoms with Gasteiger partial charge in [0.05, 0.1) is 13.2 Å². The van der Waals surface area contributed by atoms with E-state index in [-0.39, 0.29) is 5.78 Å². The van der Waals surface area contributed by atoms with Crippen molar-refractivity contribution in [2.24, 2.45) is 0 Å². The fraction of sp³-hybridized carbons (Fsp3) is 0.375. The van der Waals surface area contributed by atoms with E-state index in [1.807, 2.05) is 11.5 Å². The first-order valence-corrected chi connectivity index (χ1v) is 8.97. The fourth-order valence-electron chi connectivity index (χ4n) is 3.26. The molecule has 4 nitrogen and oxygen atoms in total. The predicted molar refractivity (Wildman–Crippen MR) is 89.5 cm³/mol. The topological polar surface area (TPSA) is 42.4 Å². The quantitative estimate of drug-likeness (QED) is 0.792. The van der Waals surface area contributed by atoms with Gasteiger partial charge in [0.25, 0.3) is 0 Å². The van der Waals surface area contributed by atoms with E-state index in [2.05, 4.69) is 31.3 Å². The number of morpholine rings is 1. The average Bonchev–Trinajstić information content (AvgIpc) is 3.14. The number of hydrogen-bond acceptors (Lipinski definition) is 5. The monoisotopic (exact) mass is 378 g/mol. The van der Waals surface area contributed by atoms with Crippen LogP contribution < -0.4 is 0 Å². The lowest BCUT2D eigenvalue weighted by atomic mass is 9.90. The molecule has 0 radical (unpaired) electrons. The summed E-state index contributed by atoms with van der Waals surface area (Å²) in [5.41, 5.74) is 5.52. The Hall–Kier alpha value is -1.24. The Kier molecular flexibility index (Phi) is 3.76. The molecule has 0 atom stereocenters. The van der Waals surface area contributed by atoms with Crippen molar-refractivity contribution in [2.45, 2.75) is 12.8 Å². The van der Waals surface area contributed by atoms with Crippen LogP contribution in [0.25, 0.3) is 5.57 Å². The van der Waals surface area contributed by atoms with E-state index in [0.717, 1.165) is 60.6 Å². The number of carbonyl (C=O) groups excluding carboxylic acids is 1. The van der Waals surface area contributed by atoms with Crippen LogP contribution in [0, 0.1) is 0 Å². The number of rotatable bonds is 2. The summed E-state index contributed by atoms with van der Waals surface area (Å²) in [5, 5.41) is 2.04. The summed E-state index contributed by atoms with van der Waals surface area (Å²) in [4.78, 5) is 14.8. The normalized spacial score (nSPS) is 21.9. The summed E-state index contributed by atoms with van der Waals surface area (Å²) < 4.78 is 10.6. The predicted octanol–water partition coefficient (Wildman–Crippen LogP) is 3.18.